The second-order valence-corrected chi connectivity index (χ2v) is 7.21. The molecule has 0 bridgehead atoms. The van der Waals surface area contributed by atoms with Crippen molar-refractivity contribution < 1.29 is 14.4 Å². The van der Waals surface area contributed by atoms with E-state index in [1.165, 1.54) is 0 Å². The molecule has 1 aromatic heterocycles. The average molecular weight is 403 g/mol. The summed E-state index contributed by atoms with van der Waals surface area (Å²) in [7, 11) is 1.79. The van der Waals surface area contributed by atoms with Crippen molar-refractivity contribution in [3.05, 3.63) is 94.3 Å². The number of benzene rings is 2. The molecule has 2 N–H and O–H groups in total. The van der Waals surface area contributed by atoms with Crippen molar-refractivity contribution in [1.82, 2.24) is 15.2 Å². The molecule has 0 unspecified atom stereocenters. The van der Waals surface area contributed by atoms with Gasteiger partial charge in [0.15, 0.2) is 5.78 Å². The maximum atomic E-state index is 13.1. The Bertz CT molecular complexity index is 1100. The SMILES string of the molecule is Cc1ccc(C)c(C(=O)c2ccccc2C(=O)NCCNC(=O)c2cccn2C)c1. The predicted molar refractivity (Wildman–Crippen MR) is 116 cm³/mol. The molecule has 3 aromatic rings. The van der Waals surface area contributed by atoms with Crippen LogP contribution in [-0.4, -0.2) is 35.3 Å². The summed E-state index contributed by atoms with van der Waals surface area (Å²) in [6.45, 7) is 4.34. The number of nitrogens with one attached hydrogen (secondary N) is 2. The Morgan fingerprint density at radius 2 is 1.47 bits per heavy atom. The van der Waals surface area contributed by atoms with E-state index in [0.29, 0.717) is 22.4 Å². The van der Waals surface area contributed by atoms with Gasteiger partial charge in [-0.25, -0.2) is 0 Å². The van der Waals surface area contributed by atoms with Gasteiger partial charge < -0.3 is 15.2 Å². The second-order valence-electron chi connectivity index (χ2n) is 7.21. The first-order valence-corrected chi connectivity index (χ1v) is 9.77. The monoisotopic (exact) mass is 403 g/mol. The van der Waals surface area contributed by atoms with Crippen LogP contribution in [0.15, 0.2) is 60.8 Å². The minimum Gasteiger partial charge on any atom is -0.350 e. The van der Waals surface area contributed by atoms with Gasteiger partial charge in [0.2, 0.25) is 0 Å². The maximum Gasteiger partial charge on any atom is 0.267 e. The summed E-state index contributed by atoms with van der Waals surface area (Å²) in [5.41, 5.74) is 3.66. The molecule has 0 saturated heterocycles. The van der Waals surface area contributed by atoms with E-state index in [1.807, 2.05) is 32.0 Å². The lowest BCUT2D eigenvalue weighted by Crippen LogP contribution is -2.35. The smallest absolute Gasteiger partial charge is 0.267 e. The Balaban J connectivity index is 1.66. The number of ketones is 1. The van der Waals surface area contributed by atoms with Crippen LogP contribution in [-0.2, 0) is 7.05 Å². The van der Waals surface area contributed by atoms with Crippen molar-refractivity contribution in [2.45, 2.75) is 13.8 Å². The van der Waals surface area contributed by atoms with E-state index in [-0.39, 0.29) is 30.7 Å². The third-order valence-electron chi connectivity index (χ3n) is 4.93. The number of carbonyl (C=O) groups is 3. The fourth-order valence-corrected chi connectivity index (χ4v) is 3.24. The first-order chi connectivity index (χ1) is 14.4. The molecule has 2 aromatic carbocycles. The molecule has 6 heteroatoms. The maximum absolute atomic E-state index is 13.1. The largest absolute Gasteiger partial charge is 0.350 e. The predicted octanol–water partition coefficient (Wildman–Crippen LogP) is 3.03. The fourth-order valence-electron chi connectivity index (χ4n) is 3.24. The molecule has 0 aliphatic carbocycles. The number of amides is 2. The van der Waals surface area contributed by atoms with E-state index in [9.17, 15) is 14.4 Å². The summed E-state index contributed by atoms with van der Waals surface area (Å²) in [6, 6.07) is 16.0. The molecule has 0 aliphatic heterocycles. The van der Waals surface area contributed by atoms with Crippen LogP contribution in [0.25, 0.3) is 0 Å². The number of carbonyl (C=O) groups excluding carboxylic acids is 3. The Labute approximate surface area is 175 Å². The van der Waals surface area contributed by atoms with Gasteiger partial charge in [0, 0.05) is 37.5 Å². The minimum absolute atomic E-state index is 0.182. The molecule has 6 nitrogen and oxygen atoms in total. The van der Waals surface area contributed by atoms with Crippen LogP contribution in [0.5, 0.6) is 0 Å². The zero-order valence-electron chi connectivity index (χ0n) is 17.4. The number of hydrogen-bond acceptors (Lipinski definition) is 3. The Kier molecular flexibility index (Phi) is 6.47. The number of aromatic nitrogens is 1. The van der Waals surface area contributed by atoms with Gasteiger partial charge in [0.25, 0.3) is 11.8 Å². The van der Waals surface area contributed by atoms with Gasteiger partial charge in [-0.15, -0.1) is 0 Å². The molecule has 0 saturated carbocycles. The zero-order chi connectivity index (χ0) is 21.7. The van der Waals surface area contributed by atoms with E-state index in [0.717, 1.165) is 11.1 Å². The molecule has 0 spiro atoms. The third kappa shape index (κ3) is 4.66. The number of aryl methyl sites for hydroxylation is 3. The second kappa shape index (κ2) is 9.22. The fraction of sp³-hybridized carbons (Fsp3) is 0.208. The van der Waals surface area contributed by atoms with E-state index in [4.69, 9.17) is 0 Å². The molecular formula is C24H25N3O3. The van der Waals surface area contributed by atoms with Crippen molar-refractivity contribution in [3.63, 3.8) is 0 Å². The highest BCUT2D eigenvalue weighted by molar-refractivity contribution is 6.16. The summed E-state index contributed by atoms with van der Waals surface area (Å²) < 4.78 is 1.73. The topological polar surface area (TPSA) is 80.2 Å². The van der Waals surface area contributed by atoms with Gasteiger partial charge in [-0.1, -0.05) is 35.9 Å². The number of hydrogen-bond donors (Lipinski definition) is 2. The van der Waals surface area contributed by atoms with Crippen molar-refractivity contribution in [2.24, 2.45) is 7.05 Å². The molecule has 2 amide bonds. The van der Waals surface area contributed by atoms with Crippen LogP contribution in [0.1, 0.15) is 47.9 Å². The lowest BCUT2D eigenvalue weighted by molar-refractivity contribution is 0.0921. The van der Waals surface area contributed by atoms with Gasteiger partial charge in [-0.2, -0.15) is 0 Å². The average Bonchev–Trinajstić information content (AvgIpc) is 3.18. The molecule has 0 fully saturated rings. The number of nitrogens with zero attached hydrogens (tertiary/aromatic N) is 1. The lowest BCUT2D eigenvalue weighted by Gasteiger charge is -2.12. The normalized spacial score (nSPS) is 10.5. The van der Waals surface area contributed by atoms with Gasteiger partial charge in [-0.05, 0) is 43.7 Å². The van der Waals surface area contributed by atoms with Crippen LogP contribution in [0.2, 0.25) is 0 Å². The summed E-state index contributed by atoms with van der Waals surface area (Å²) >= 11 is 0. The molecule has 30 heavy (non-hydrogen) atoms. The number of rotatable bonds is 7. The first kappa shape index (κ1) is 21.0. The van der Waals surface area contributed by atoms with E-state index >= 15 is 0 Å². The summed E-state index contributed by atoms with van der Waals surface area (Å²) in [5.74, 6) is -0.737. The summed E-state index contributed by atoms with van der Waals surface area (Å²) in [6.07, 6.45) is 1.79. The molecule has 154 valence electrons. The Morgan fingerprint density at radius 3 is 2.13 bits per heavy atom. The van der Waals surface area contributed by atoms with Crippen LogP contribution in [0.3, 0.4) is 0 Å². The van der Waals surface area contributed by atoms with Crippen molar-refractivity contribution in [2.75, 3.05) is 13.1 Å². The lowest BCUT2D eigenvalue weighted by atomic mass is 9.94. The molecule has 1 heterocycles. The molecule has 3 rings (SSSR count). The highest BCUT2D eigenvalue weighted by atomic mass is 16.2. The molecule has 0 aliphatic rings. The highest BCUT2D eigenvalue weighted by Gasteiger charge is 2.19. The molecule has 0 atom stereocenters. The van der Waals surface area contributed by atoms with E-state index in [1.54, 1.807) is 54.2 Å². The third-order valence-corrected chi connectivity index (χ3v) is 4.93. The molecule has 0 radical (unpaired) electrons. The van der Waals surface area contributed by atoms with Crippen molar-refractivity contribution in [3.8, 4) is 0 Å². The Morgan fingerprint density at radius 1 is 0.800 bits per heavy atom. The zero-order valence-corrected chi connectivity index (χ0v) is 17.4. The summed E-state index contributed by atoms with van der Waals surface area (Å²) in [5, 5.41) is 5.54. The van der Waals surface area contributed by atoms with E-state index < -0.39 is 0 Å². The molecular weight excluding hydrogens is 378 g/mol. The van der Waals surface area contributed by atoms with Crippen LogP contribution < -0.4 is 10.6 Å². The van der Waals surface area contributed by atoms with Gasteiger partial charge in [0.05, 0.1) is 5.56 Å². The standard InChI is InChI=1S/C24H25N3O3/c1-16-10-11-17(2)20(15-16)22(28)18-7-4-5-8-19(18)23(29)25-12-13-26-24(30)21-9-6-14-27(21)3/h4-11,14-15H,12-13H2,1-3H3,(H,25,29)(H,26,30). The van der Waals surface area contributed by atoms with Crippen LogP contribution in [0, 0.1) is 13.8 Å². The van der Waals surface area contributed by atoms with Crippen molar-refractivity contribution >= 4 is 17.6 Å². The van der Waals surface area contributed by atoms with Gasteiger partial charge in [0.1, 0.15) is 5.69 Å². The van der Waals surface area contributed by atoms with E-state index in [2.05, 4.69) is 10.6 Å². The van der Waals surface area contributed by atoms with Crippen LogP contribution >= 0.6 is 0 Å². The van der Waals surface area contributed by atoms with Gasteiger partial charge >= 0.3 is 0 Å². The first-order valence-electron chi connectivity index (χ1n) is 9.77. The minimum atomic E-state index is -0.350. The highest BCUT2D eigenvalue weighted by Crippen LogP contribution is 2.19. The summed E-state index contributed by atoms with van der Waals surface area (Å²) in [4.78, 5) is 37.9. The van der Waals surface area contributed by atoms with Crippen molar-refractivity contribution in [1.29, 1.82) is 0 Å². The van der Waals surface area contributed by atoms with Crippen LogP contribution in [0.4, 0.5) is 0 Å². The Hall–Kier alpha value is -3.67. The van der Waals surface area contributed by atoms with Gasteiger partial charge in [-0.3, -0.25) is 14.4 Å². The quantitative estimate of drug-likeness (QED) is 0.470.